The molecule has 0 amide bonds. The summed E-state index contributed by atoms with van der Waals surface area (Å²) < 4.78 is 0. The molecule has 1 saturated heterocycles. The van der Waals surface area contributed by atoms with Gasteiger partial charge in [0.15, 0.2) is 5.82 Å². The summed E-state index contributed by atoms with van der Waals surface area (Å²) in [4.78, 5) is 0. The first-order valence-corrected chi connectivity index (χ1v) is 8.97. The Morgan fingerprint density at radius 1 is 0.905 bits per heavy atom. The minimum atomic E-state index is 0.554. The second-order valence-corrected chi connectivity index (χ2v) is 6.69. The number of rotatable bonds is 2. The molecule has 21 heavy (non-hydrogen) atoms. The Labute approximate surface area is 128 Å². The van der Waals surface area contributed by atoms with Crippen LogP contribution in [0.1, 0.15) is 69.0 Å². The lowest BCUT2D eigenvalue weighted by atomic mass is 9.99. The third-order valence-electron chi connectivity index (χ3n) is 4.96. The van der Waals surface area contributed by atoms with Crippen molar-refractivity contribution in [2.45, 2.75) is 76.7 Å². The Hall–Kier alpha value is -1.03. The van der Waals surface area contributed by atoms with Crippen LogP contribution in [0.25, 0.3) is 0 Å². The Morgan fingerprint density at radius 2 is 1.62 bits per heavy atom. The lowest BCUT2D eigenvalue weighted by Crippen LogP contribution is -2.23. The van der Waals surface area contributed by atoms with Gasteiger partial charge in [0.25, 0.3) is 0 Å². The first-order valence-electron chi connectivity index (χ1n) is 8.97. The summed E-state index contributed by atoms with van der Waals surface area (Å²) >= 11 is 0. The number of aromatic amines is 1. The molecule has 0 spiro atoms. The fraction of sp³-hybridized carbons (Fsp3) is 0.824. The molecule has 1 aliphatic carbocycles. The third-order valence-corrected chi connectivity index (χ3v) is 4.96. The van der Waals surface area contributed by atoms with Gasteiger partial charge in [-0.2, -0.15) is 5.10 Å². The predicted octanol–water partition coefficient (Wildman–Crippen LogP) is 3.40. The van der Waals surface area contributed by atoms with Crippen molar-refractivity contribution in [3.63, 3.8) is 0 Å². The van der Waals surface area contributed by atoms with Crippen molar-refractivity contribution in [3.8, 4) is 0 Å². The van der Waals surface area contributed by atoms with Crippen molar-refractivity contribution >= 4 is 5.82 Å². The van der Waals surface area contributed by atoms with Crippen molar-refractivity contribution in [2.24, 2.45) is 0 Å². The Bertz CT molecular complexity index is 420. The van der Waals surface area contributed by atoms with Crippen LogP contribution >= 0.6 is 0 Å². The van der Waals surface area contributed by atoms with Gasteiger partial charge in [-0.15, -0.1) is 0 Å². The number of hydrogen-bond donors (Lipinski definition) is 3. The zero-order chi connectivity index (χ0) is 14.3. The number of anilines is 1. The van der Waals surface area contributed by atoms with Crippen LogP contribution in [0.3, 0.4) is 0 Å². The van der Waals surface area contributed by atoms with E-state index in [9.17, 15) is 0 Å². The van der Waals surface area contributed by atoms with Gasteiger partial charge in [-0.25, -0.2) is 0 Å². The quantitative estimate of drug-likeness (QED) is 0.782. The summed E-state index contributed by atoms with van der Waals surface area (Å²) in [7, 11) is 0. The van der Waals surface area contributed by atoms with E-state index < -0.39 is 0 Å². The van der Waals surface area contributed by atoms with Gasteiger partial charge in [-0.1, -0.05) is 38.5 Å². The first-order chi connectivity index (χ1) is 10.4. The van der Waals surface area contributed by atoms with Crippen LogP contribution in [-0.4, -0.2) is 29.3 Å². The monoisotopic (exact) mass is 290 g/mol. The maximum absolute atomic E-state index is 4.59. The first kappa shape index (κ1) is 14.9. The number of fused-ring (bicyclic) bond motifs is 1. The number of H-pyrrole nitrogens is 1. The number of nitrogens with one attached hydrogen (secondary N) is 3. The van der Waals surface area contributed by atoms with Crippen molar-refractivity contribution in [1.29, 1.82) is 0 Å². The second-order valence-electron chi connectivity index (χ2n) is 6.69. The van der Waals surface area contributed by atoms with Gasteiger partial charge < -0.3 is 10.6 Å². The number of nitrogens with zero attached hydrogens (tertiary/aromatic N) is 1. The topological polar surface area (TPSA) is 52.7 Å². The Balaban J connectivity index is 1.67. The van der Waals surface area contributed by atoms with Crippen molar-refractivity contribution in [1.82, 2.24) is 15.5 Å². The smallest absolute Gasteiger partial charge is 0.151 e. The molecule has 0 saturated carbocycles. The molecule has 1 aliphatic heterocycles. The van der Waals surface area contributed by atoms with Gasteiger partial charge >= 0.3 is 0 Å². The molecule has 4 nitrogen and oxygen atoms in total. The van der Waals surface area contributed by atoms with Gasteiger partial charge in [0.2, 0.25) is 0 Å². The van der Waals surface area contributed by atoms with Crippen molar-refractivity contribution in [3.05, 3.63) is 11.3 Å². The molecule has 3 rings (SSSR count). The van der Waals surface area contributed by atoms with Gasteiger partial charge in [0, 0.05) is 23.8 Å². The highest BCUT2D eigenvalue weighted by molar-refractivity contribution is 5.47. The minimum Gasteiger partial charge on any atom is -0.364 e. The van der Waals surface area contributed by atoms with E-state index >= 15 is 0 Å². The molecular weight excluding hydrogens is 260 g/mol. The highest BCUT2D eigenvalue weighted by atomic mass is 15.2. The molecule has 0 aromatic carbocycles. The maximum Gasteiger partial charge on any atom is 0.151 e. The molecule has 2 heterocycles. The fourth-order valence-corrected chi connectivity index (χ4v) is 3.63. The molecule has 118 valence electrons. The van der Waals surface area contributed by atoms with Gasteiger partial charge in [0.1, 0.15) is 0 Å². The zero-order valence-corrected chi connectivity index (χ0v) is 13.2. The van der Waals surface area contributed by atoms with E-state index in [0.29, 0.717) is 6.04 Å². The lowest BCUT2D eigenvalue weighted by Gasteiger charge is -2.13. The molecule has 1 fully saturated rings. The van der Waals surface area contributed by atoms with Crippen LogP contribution in [0, 0.1) is 0 Å². The highest BCUT2D eigenvalue weighted by Crippen LogP contribution is 2.24. The molecule has 1 aromatic heterocycles. The van der Waals surface area contributed by atoms with Crippen molar-refractivity contribution < 1.29 is 0 Å². The van der Waals surface area contributed by atoms with Crippen LogP contribution in [0.4, 0.5) is 5.82 Å². The average Bonchev–Trinajstić information content (AvgIpc) is 3.10. The van der Waals surface area contributed by atoms with E-state index in [1.807, 2.05) is 0 Å². The van der Waals surface area contributed by atoms with Gasteiger partial charge in [0.05, 0.1) is 0 Å². The minimum absolute atomic E-state index is 0.554. The molecule has 2 aliphatic rings. The van der Waals surface area contributed by atoms with Crippen LogP contribution < -0.4 is 10.6 Å². The summed E-state index contributed by atoms with van der Waals surface area (Å²) in [6, 6.07) is 0.554. The molecule has 3 N–H and O–H groups in total. The second kappa shape index (κ2) is 7.83. The zero-order valence-electron chi connectivity index (χ0n) is 13.2. The van der Waals surface area contributed by atoms with E-state index in [4.69, 9.17) is 0 Å². The molecular formula is C17H30N4. The number of hydrogen-bond acceptors (Lipinski definition) is 3. The molecule has 0 bridgehead atoms. The summed E-state index contributed by atoms with van der Waals surface area (Å²) in [5, 5.41) is 15.0. The SMILES string of the molecule is C1CCCCCc2c(NC3CCNC3)n[nH]c2CCCC1. The number of aromatic nitrogens is 2. The lowest BCUT2D eigenvalue weighted by molar-refractivity contribution is 0.558. The van der Waals surface area contributed by atoms with E-state index in [-0.39, 0.29) is 0 Å². The van der Waals surface area contributed by atoms with Crippen LogP contribution in [-0.2, 0) is 12.8 Å². The van der Waals surface area contributed by atoms with Crippen LogP contribution in [0.2, 0.25) is 0 Å². The fourth-order valence-electron chi connectivity index (χ4n) is 3.63. The average molecular weight is 290 g/mol. The van der Waals surface area contributed by atoms with Gasteiger partial charge in [-0.05, 0) is 38.6 Å². The molecule has 1 atom stereocenters. The summed E-state index contributed by atoms with van der Waals surface area (Å²) in [5.74, 6) is 1.13. The molecule has 1 unspecified atom stereocenters. The number of aryl methyl sites for hydroxylation is 1. The normalized spacial score (nSPS) is 24.9. The van der Waals surface area contributed by atoms with Gasteiger partial charge in [-0.3, -0.25) is 5.10 Å². The third kappa shape index (κ3) is 4.22. The highest BCUT2D eigenvalue weighted by Gasteiger charge is 2.19. The summed E-state index contributed by atoms with van der Waals surface area (Å²) in [5.41, 5.74) is 2.87. The van der Waals surface area contributed by atoms with Crippen LogP contribution in [0.5, 0.6) is 0 Å². The molecule has 0 radical (unpaired) electrons. The summed E-state index contributed by atoms with van der Waals surface area (Å²) in [6.45, 7) is 2.20. The maximum atomic E-state index is 4.59. The van der Waals surface area contributed by atoms with Crippen molar-refractivity contribution in [2.75, 3.05) is 18.4 Å². The Kier molecular flexibility index (Phi) is 5.55. The summed E-state index contributed by atoms with van der Waals surface area (Å²) in [6.07, 6.45) is 14.6. The van der Waals surface area contributed by atoms with E-state index in [2.05, 4.69) is 20.8 Å². The van der Waals surface area contributed by atoms with E-state index in [1.165, 1.54) is 81.9 Å². The largest absolute Gasteiger partial charge is 0.364 e. The standard InChI is InChI=1S/C17H30N4/c1-2-4-6-8-10-16-15(9-7-5-3-1)17(21-20-16)19-14-11-12-18-13-14/h14,18H,1-13H2,(H2,19,20,21). The molecule has 1 aromatic rings. The van der Waals surface area contributed by atoms with Crippen LogP contribution in [0.15, 0.2) is 0 Å². The Morgan fingerprint density at radius 3 is 2.33 bits per heavy atom. The predicted molar refractivity (Wildman–Crippen MR) is 87.8 cm³/mol. The molecule has 4 heteroatoms. The van der Waals surface area contributed by atoms with E-state index in [0.717, 1.165) is 18.9 Å². The van der Waals surface area contributed by atoms with E-state index in [1.54, 1.807) is 0 Å².